The maximum absolute atomic E-state index is 12.2. The van der Waals surface area contributed by atoms with Gasteiger partial charge in [0.15, 0.2) is 6.61 Å². The van der Waals surface area contributed by atoms with Gasteiger partial charge in [0.25, 0.3) is 15.9 Å². The average molecular weight is 400 g/mol. The van der Waals surface area contributed by atoms with Gasteiger partial charge in [0, 0.05) is 17.7 Å². The standard InChI is InChI=1S/C18H16N4O5S/c23-16(20-11-5-6-14-13(9-11)21-17(24)10-27-14)7-8-19-18-12-3-1-2-4-15(12)28(25,26)22-18/h1-6,9H,7-8,10H2,(H,19,22)(H,20,23)(H,21,24). The van der Waals surface area contributed by atoms with Gasteiger partial charge in [0.2, 0.25) is 5.91 Å². The number of carbonyl (C=O) groups excluding carboxylic acids is 2. The Hall–Kier alpha value is -3.40. The number of amidine groups is 1. The number of nitrogens with one attached hydrogen (secondary N) is 3. The van der Waals surface area contributed by atoms with Crippen molar-refractivity contribution in [2.45, 2.75) is 11.3 Å². The fourth-order valence-corrected chi connectivity index (χ4v) is 4.16. The molecule has 2 aliphatic heterocycles. The summed E-state index contributed by atoms with van der Waals surface area (Å²) in [5.41, 5.74) is 1.49. The molecule has 0 unspecified atom stereocenters. The van der Waals surface area contributed by atoms with Crippen LogP contribution in [0.2, 0.25) is 0 Å². The topological polar surface area (TPSA) is 126 Å². The number of hydrogen-bond donors (Lipinski definition) is 3. The summed E-state index contributed by atoms with van der Waals surface area (Å²) in [5, 5.41) is 5.38. The van der Waals surface area contributed by atoms with E-state index in [0.717, 1.165) is 0 Å². The van der Waals surface area contributed by atoms with Crippen LogP contribution in [0.15, 0.2) is 52.4 Å². The number of nitrogens with zero attached hydrogens (tertiary/aromatic N) is 1. The molecule has 10 heteroatoms. The monoisotopic (exact) mass is 400 g/mol. The summed E-state index contributed by atoms with van der Waals surface area (Å²) in [7, 11) is -3.59. The van der Waals surface area contributed by atoms with Crippen molar-refractivity contribution < 1.29 is 22.7 Å². The zero-order chi connectivity index (χ0) is 19.7. The normalized spacial score (nSPS) is 17.7. The van der Waals surface area contributed by atoms with Crippen LogP contribution in [-0.2, 0) is 19.6 Å². The summed E-state index contributed by atoms with van der Waals surface area (Å²) in [6.07, 6.45) is 0.0628. The molecule has 0 bridgehead atoms. The second-order valence-corrected chi connectivity index (χ2v) is 7.83. The fraction of sp³-hybridized carbons (Fsp3) is 0.167. The highest BCUT2D eigenvalue weighted by atomic mass is 32.2. The van der Waals surface area contributed by atoms with Crippen LogP contribution in [0.1, 0.15) is 12.0 Å². The van der Waals surface area contributed by atoms with E-state index in [1.54, 1.807) is 36.4 Å². The molecule has 2 aromatic rings. The van der Waals surface area contributed by atoms with Crippen molar-refractivity contribution in [2.24, 2.45) is 4.99 Å². The van der Waals surface area contributed by atoms with Crippen LogP contribution in [0.4, 0.5) is 11.4 Å². The molecule has 0 atom stereocenters. The summed E-state index contributed by atoms with van der Waals surface area (Å²) in [6.45, 7) is 0.0781. The molecule has 0 radical (unpaired) electrons. The number of hydrogen-bond acceptors (Lipinski definition) is 6. The number of ether oxygens (including phenoxy) is 1. The molecule has 2 aromatic carbocycles. The minimum Gasteiger partial charge on any atom is -0.482 e. The van der Waals surface area contributed by atoms with E-state index in [-0.39, 0.29) is 42.1 Å². The lowest BCUT2D eigenvalue weighted by Crippen LogP contribution is -2.25. The van der Waals surface area contributed by atoms with E-state index in [2.05, 4.69) is 20.3 Å². The second kappa shape index (κ2) is 6.97. The predicted octanol–water partition coefficient (Wildman–Crippen LogP) is 1.08. The van der Waals surface area contributed by atoms with Crippen molar-refractivity contribution in [1.29, 1.82) is 0 Å². The Labute approximate surface area is 160 Å². The van der Waals surface area contributed by atoms with Gasteiger partial charge >= 0.3 is 0 Å². The summed E-state index contributed by atoms with van der Waals surface area (Å²) >= 11 is 0. The van der Waals surface area contributed by atoms with E-state index in [4.69, 9.17) is 4.74 Å². The van der Waals surface area contributed by atoms with Crippen molar-refractivity contribution in [3.63, 3.8) is 0 Å². The number of aliphatic imine (C=N–C) groups is 1. The Morgan fingerprint density at radius 1 is 1.21 bits per heavy atom. The van der Waals surface area contributed by atoms with Gasteiger partial charge in [-0.25, -0.2) is 8.42 Å². The van der Waals surface area contributed by atoms with Crippen molar-refractivity contribution in [3.8, 4) is 5.75 Å². The summed E-state index contributed by atoms with van der Waals surface area (Å²) in [6, 6.07) is 11.5. The number of anilines is 2. The van der Waals surface area contributed by atoms with E-state index in [1.165, 1.54) is 6.07 Å². The Kier molecular flexibility index (Phi) is 4.47. The molecule has 28 heavy (non-hydrogen) atoms. The van der Waals surface area contributed by atoms with E-state index in [1.807, 2.05) is 0 Å². The van der Waals surface area contributed by atoms with E-state index in [0.29, 0.717) is 22.7 Å². The van der Waals surface area contributed by atoms with Crippen LogP contribution < -0.4 is 20.1 Å². The number of fused-ring (bicyclic) bond motifs is 2. The SMILES string of the molecule is O=C(CCN=C1NS(=O)(=O)c2ccccc21)Nc1ccc2c(c1)NC(=O)CO2. The molecule has 0 aliphatic carbocycles. The third-order valence-electron chi connectivity index (χ3n) is 4.17. The van der Waals surface area contributed by atoms with E-state index in [9.17, 15) is 18.0 Å². The van der Waals surface area contributed by atoms with Crippen molar-refractivity contribution >= 4 is 39.0 Å². The third kappa shape index (κ3) is 3.54. The molecule has 0 spiro atoms. The Bertz CT molecular complexity index is 1110. The molecule has 3 N–H and O–H groups in total. The van der Waals surface area contributed by atoms with Crippen molar-refractivity contribution in [1.82, 2.24) is 4.72 Å². The number of sulfonamides is 1. The van der Waals surface area contributed by atoms with Gasteiger partial charge in [0.05, 0.1) is 17.1 Å². The molecule has 2 amide bonds. The summed E-state index contributed by atoms with van der Waals surface area (Å²) < 4.78 is 31.7. The molecule has 9 nitrogen and oxygen atoms in total. The first-order chi connectivity index (χ1) is 13.4. The van der Waals surface area contributed by atoms with Crippen LogP contribution in [0.3, 0.4) is 0 Å². The lowest BCUT2D eigenvalue weighted by molar-refractivity contribution is -0.118. The highest BCUT2D eigenvalue weighted by Crippen LogP contribution is 2.30. The van der Waals surface area contributed by atoms with E-state index >= 15 is 0 Å². The van der Waals surface area contributed by atoms with Crippen LogP contribution in [0, 0.1) is 0 Å². The zero-order valence-corrected chi connectivity index (χ0v) is 15.4. The van der Waals surface area contributed by atoms with Gasteiger partial charge in [-0.3, -0.25) is 19.3 Å². The molecule has 0 aromatic heterocycles. The number of carbonyl (C=O) groups is 2. The maximum atomic E-state index is 12.2. The molecule has 2 heterocycles. The molecule has 0 fully saturated rings. The molecule has 4 rings (SSSR count). The van der Waals surface area contributed by atoms with Crippen LogP contribution in [-0.4, -0.2) is 39.2 Å². The fourth-order valence-electron chi connectivity index (χ4n) is 2.90. The Morgan fingerprint density at radius 2 is 2.04 bits per heavy atom. The Morgan fingerprint density at radius 3 is 2.89 bits per heavy atom. The zero-order valence-electron chi connectivity index (χ0n) is 14.6. The van der Waals surface area contributed by atoms with Gasteiger partial charge in [-0.2, -0.15) is 0 Å². The molecule has 144 valence electrons. The molecular formula is C18H16N4O5S. The van der Waals surface area contributed by atoms with Crippen LogP contribution >= 0.6 is 0 Å². The van der Waals surface area contributed by atoms with Gasteiger partial charge in [-0.15, -0.1) is 0 Å². The quantitative estimate of drug-likeness (QED) is 0.708. The lowest BCUT2D eigenvalue weighted by atomic mass is 10.2. The van der Waals surface area contributed by atoms with Crippen molar-refractivity contribution in [3.05, 3.63) is 48.0 Å². The minimum atomic E-state index is -3.59. The van der Waals surface area contributed by atoms with Crippen LogP contribution in [0.25, 0.3) is 0 Å². The molecule has 2 aliphatic rings. The Balaban J connectivity index is 1.39. The van der Waals surface area contributed by atoms with Gasteiger partial charge < -0.3 is 15.4 Å². The molecular weight excluding hydrogens is 384 g/mol. The highest BCUT2D eigenvalue weighted by molar-refractivity contribution is 7.90. The van der Waals surface area contributed by atoms with E-state index < -0.39 is 10.0 Å². The first kappa shape index (κ1) is 18.0. The highest BCUT2D eigenvalue weighted by Gasteiger charge is 2.29. The first-order valence-corrected chi connectivity index (χ1v) is 9.94. The lowest BCUT2D eigenvalue weighted by Gasteiger charge is -2.18. The van der Waals surface area contributed by atoms with Gasteiger partial charge in [-0.05, 0) is 30.3 Å². The summed E-state index contributed by atoms with van der Waals surface area (Å²) in [5.74, 6) is 0.223. The first-order valence-electron chi connectivity index (χ1n) is 8.45. The average Bonchev–Trinajstić information content (AvgIpc) is 2.92. The largest absolute Gasteiger partial charge is 0.482 e. The third-order valence-corrected chi connectivity index (χ3v) is 5.56. The number of benzene rings is 2. The van der Waals surface area contributed by atoms with Gasteiger partial charge in [0.1, 0.15) is 11.6 Å². The summed E-state index contributed by atoms with van der Waals surface area (Å²) in [4.78, 5) is 27.9. The maximum Gasteiger partial charge on any atom is 0.263 e. The molecule has 0 saturated carbocycles. The smallest absolute Gasteiger partial charge is 0.263 e. The predicted molar refractivity (Wildman–Crippen MR) is 102 cm³/mol. The van der Waals surface area contributed by atoms with Gasteiger partial charge in [-0.1, -0.05) is 12.1 Å². The number of amides is 2. The molecule has 0 saturated heterocycles. The second-order valence-electron chi connectivity index (χ2n) is 6.18. The van der Waals surface area contributed by atoms with Crippen molar-refractivity contribution in [2.75, 3.05) is 23.8 Å². The number of rotatable bonds is 4. The van der Waals surface area contributed by atoms with Crippen LogP contribution in [0.5, 0.6) is 5.75 Å². The minimum absolute atomic E-state index is 0.0358.